The van der Waals surface area contributed by atoms with E-state index in [4.69, 9.17) is 14.2 Å². The van der Waals surface area contributed by atoms with Crippen LogP contribution in [-0.4, -0.2) is 80.6 Å². The number of esters is 2. The smallest absolute Gasteiger partial charge is 0.362 e. The Morgan fingerprint density at radius 3 is 1.67 bits per heavy atom. The van der Waals surface area contributed by atoms with Crippen LogP contribution in [0.4, 0.5) is 0 Å². The molecule has 0 radical (unpaired) electrons. The Kier molecular flexibility index (Phi) is 25.1. The maximum Gasteiger partial charge on any atom is 0.362 e. The number of carbonyl (C=O) groups is 3. The van der Waals surface area contributed by atoms with Crippen molar-refractivity contribution in [1.82, 2.24) is 0 Å². The fourth-order valence-corrected chi connectivity index (χ4v) is 4.45. The maximum atomic E-state index is 12.5. The van der Waals surface area contributed by atoms with Gasteiger partial charge in [-0.05, 0) is 51.4 Å². The van der Waals surface area contributed by atoms with Crippen molar-refractivity contribution in [2.45, 2.75) is 135 Å². The highest BCUT2D eigenvalue weighted by atomic mass is 16.6. The number of unbranched alkanes of at least 4 members (excludes halogenated alkanes) is 10. The Bertz CT molecular complexity index is 757. The highest BCUT2D eigenvalue weighted by Gasteiger charge is 2.31. The summed E-state index contributed by atoms with van der Waals surface area (Å²) in [6, 6.07) is -0.617. The number of rotatable bonds is 28. The minimum absolute atomic E-state index is 0.0426. The number of quaternary nitrogens is 1. The van der Waals surface area contributed by atoms with E-state index in [9.17, 15) is 19.5 Å². The molecule has 0 aliphatic rings. The van der Waals surface area contributed by atoms with E-state index in [-0.39, 0.29) is 42.7 Å². The van der Waals surface area contributed by atoms with E-state index in [1.807, 2.05) is 21.1 Å². The van der Waals surface area contributed by atoms with Gasteiger partial charge in [0.25, 0.3) is 0 Å². The molecular formula is C34H62NO7+. The number of allylic oxidation sites excluding steroid dienone is 4. The molecule has 244 valence electrons. The third-order valence-electron chi connectivity index (χ3n) is 7.07. The van der Waals surface area contributed by atoms with E-state index in [1.54, 1.807) is 0 Å². The molecule has 42 heavy (non-hydrogen) atoms. The van der Waals surface area contributed by atoms with Crippen molar-refractivity contribution in [3.63, 3.8) is 0 Å². The predicted octanol–water partition coefficient (Wildman–Crippen LogP) is 7.40. The second-order valence-corrected chi connectivity index (χ2v) is 12.1. The van der Waals surface area contributed by atoms with Gasteiger partial charge >= 0.3 is 17.9 Å². The average molecular weight is 597 g/mol. The van der Waals surface area contributed by atoms with Crippen LogP contribution in [-0.2, 0) is 28.6 Å². The lowest BCUT2D eigenvalue weighted by molar-refractivity contribution is -0.887. The van der Waals surface area contributed by atoms with Crippen molar-refractivity contribution in [3.8, 4) is 0 Å². The van der Waals surface area contributed by atoms with Gasteiger partial charge in [0, 0.05) is 19.3 Å². The summed E-state index contributed by atoms with van der Waals surface area (Å²) in [6.45, 7) is 4.57. The molecule has 0 heterocycles. The normalized spacial score (nSPS) is 13.5. The molecule has 8 nitrogen and oxygen atoms in total. The van der Waals surface area contributed by atoms with Crippen LogP contribution in [0.3, 0.4) is 0 Å². The van der Waals surface area contributed by atoms with Gasteiger partial charge in [-0.3, -0.25) is 9.59 Å². The first-order valence-corrected chi connectivity index (χ1v) is 16.4. The molecule has 0 aromatic carbocycles. The monoisotopic (exact) mass is 596 g/mol. The fourth-order valence-electron chi connectivity index (χ4n) is 4.45. The zero-order valence-corrected chi connectivity index (χ0v) is 27.5. The summed E-state index contributed by atoms with van der Waals surface area (Å²) < 4.78 is 17.0. The predicted molar refractivity (Wildman–Crippen MR) is 169 cm³/mol. The summed E-state index contributed by atoms with van der Waals surface area (Å²) in [4.78, 5) is 36.4. The van der Waals surface area contributed by atoms with Gasteiger partial charge in [0.05, 0.1) is 34.4 Å². The Labute approximate surface area is 256 Å². The lowest BCUT2D eigenvalue weighted by Crippen LogP contribution is -2.50. The summed E-state index contributed by atoms with van der Waals surface area (Å²) in [5, 5.41) is 9.52. The van der Waals surface area contributed by atoms with Crippen molar-refractivity contribution in [2.24, 2.45) is 0 Å². The van der Waals surface area contributed by atoms with E-state index >= 15 is 0 Å². The minimum Gasteiger partial charge on any atom is -0.477 e. The molecule has 0 rings (SSSR count). The van der Waals surface area contributed by atoms with Gasteiger partial charge < -0.3 is 23.8 Å². The van der Waals surface area contributed by atoms with Crippen LogP contribution in [0.5, 0.6) is 0 Å². The number of hydrogen-bond acceptors (Lipinski definition) is 6. The Hall–Kier alpha value is -2.19. The SMILES string of the molecule is CCCCCC/C=C/CCCC(=O)OCC(COCCC(C(=O)O)[N+](C)(C)C)OC(=O)CCC/C=C/CCCCCC. The van der Waals surface area contributed by atoms with Crippen molar-refractivity contribution in [3.05, 3.63) is 24.3 Å². The third kappa shape index (κ3) is 24.4. The molecule has 0 aromatic rings. The molecule has 0 aliphatic carbocycles. The summed E-state index contributed by atoms with van der Waals surface area (Å²) in [5.74, 6) is -1.56. The van der Waals surface area contributed by atoms with Gasteiger partial charge in [-0.1, -0.05) is 76.7 Å². The molecule has 0 amide bonds. The van der Waals surface area contributed by atoms with E-state index in [0.717, 1.165) is 25.7 Å². The minimum atomic E-state index is -0.885. The van der Waals surface area contributed by atoms with E-state index < -0.39 is 18.1 Å². The Morgan fingerprint density at radius 2 is 1.19 bits per heavy atom. The molecule has 2 atom stereocenters. The fraction of sp³-hybridized carbons (Fsp3) is 0.794. The molecule has 8 heteroatoms. The van der Waals surface area contributed by atoms with Crippen molar-refractivity contribution < 1.29 is 38.2 Å². The summed E-state index contributed by atoms with van der Waals surface area (Å²) in [7, 11) is 5.48. The summed E-state index contributed by atoms with van der Waals surface area (Å²) >= 11 is 0. The van der Waals surface area contributed by atoms with E-state index in [0.29, 0.717) is 25.7 Å². The van der Waals surface area contributed by atoms with Gasteiger partial charge in [-0.25, -0.2) is 4.79 Å². The van der Waals surface area contributed by atoms with Crippen LogP contribution in [0.25, 0.3) is 0 Å². The molecule has 0 aromatic heterocycles. The zero-order chi connectivity index (χ0) is 31.5. The number of hydrogen-bond donors (Lipinski definition) is 1. The molecule has 2 unspecified atom stereocenters. The second-order valence-electron chi connectivity index (χ2n) is 12.1. The lowest BCUT2D eigenvalue weighted by Gasteiger charge is -2.31. The van der Waals surface area contributed by atoms with Gasteiger partial charge in [-0.15, -0.1) is 0 Å². The number of carbonyl (C=O) groups excluding carboxylic acids is 2. The molecule has 0 saturated carbocycles. The van der Waals surface area contributed by atoms with Crippen molar-refractivity contribution in [2.75, 3.05) is 41.0 Å². The number of carboxylic acids is 1. The maximum absolute atomic E-state index is 12.5. The lowest BCUT2D eigenvalue weighted by atomic mass is 10.1. The highest BCUT2D eigenvalue weighted by Crippen LogP contribution is 2.11. The summed E-state index contributed by atoms with van der Waals surface area (Å²) in [5.41, 5.74) is 0. The van der Waals surface area contributed by atoms with Crippen LogP contribution in [0.2, 0.25) is 0 Å². The third-order valence-corrected chi connectivity index (χ3v) is 7.07. The molecule has 1 N–H and O–H groups in total. The molecule has 0 aliphatic heterocycles. The number of ether oxygens (including phenoxy) is 3. The van der Waals surface area contributed by atoms with Gasteiger partial charge in [0.2, 0.25) is 0 Å². The topological polar surface area (TPSA) is 99.1 Å². The van der Waals surface area contributed by atoms with Crippen molar-refractivity contribution in [1.29, 1.82) is 0 Å². The number of carboxylic acid groups (broad SMARTS) is 1. The molecule has 0 fully saturated rings. The van der Waals surface area contributed by atoms with E-state index in [1.165, 1.54) is 51.4 Å². The number of likely N-dealkylation sites (N-methyl/N-ethyl adjacent to an activating group) is 1. The first-order valence-electron chi connectivity index (χ1n) is 16.4. The van der Waals surface area contributed by atoms with Crippen LogP contribution in [0.15, 0.2) is 24.3 Å². The molecule has 0 bridgehead atoms. The second kappa shape index (κ2) is 26.4. The number of aliphatic carboxylic acids is 1. The van der Waals surface area contributed by atoms with Crippen molar-refractivity contribution >= 4 is 17.9 Å². The Balaban J connectivity index is 4.59. The van der Waals surface area contributed by atoms with E-state index in [2.05, 4.69) is 38.2 Å². The Morgan fingerprint density at radius 1 is 0.690 bits per heavy atom. The standard InChI is InChI=1S/C34H61NO7/c1-6-8-10-12-14-16-18-20-22-24-32(36)41-29-30(28-40-27-26-31(34(38)39)35(3,4)5)42-33(37)25-23-21-19-17-15-13-11-9-7-2/h16-19,30-31H,6-15,20-29H2,1-5H3/p+1/b18-16+,19-17+. The highest BCUT2D eigenvalue weighted by molar-refractivity contribution is 5.72. The molecule has 0 spiro atoms. The number of nitrogens with zero attached hydrogens (tertiary/aromatic N) is 1. The molecular weight excluding hydrogens is 534 g/mol. The van der Waals surface area contributed by atoms with Gasteiger partial charge in [0.1, 0.15) is 6.61 Å². The first-order chi connectivity index (χ1) is 20.1. The van der Waals surface area contributed by atoms with Crippen LogP contribution < -0.4 is 0 Å². The molecule has 0 saturated heterocycles. The zero-order valence-electron chi connectivity index (χ0n) is 27.5. The van der Waals surface area contributed by atoms with Gasteiger partial charge in [-0.2, -0.15) is 0 Å². The van der Waals surface area contributed by atoms with Crippen LogP contribution in [0.1, 0.15) is 123 Å². The largest absolute Gasteiger partial charge is 0.477 e. The van der Waals surface area contributed by atoms with Crippen LogP contribution in [0, 0.1) is 0 Å². The van der Waals surface area contributed by atoms with Gasteiger partial charge in [0.15, 0.2) is 12.1 Å². The quantitative estimate of drug-likeness (QED) is 0.0435. The average Bonchev–Trinajstić information content (AvgIpc) is 2.92. The van der Waals surface area contributed by atoms with Crippen LogP contribution >= 0.6 is 0 Å². The summed E-state index contributed by atoms with van der Waals surface area (Å²) in [6.07, 6.45) is 23.9. The first kappa shape index (κ1) is 39.8.